The lowest BCUT2D eigenvalue weighted by Crippen LogP contribution is -2.00. The summed E-state index contributed by atoms with van der Waals surface area (Å²) in [5.41, 5.74) is 1.72. The fourth-order valence-corrected chi connectivity index (χ4v) is 2.49. The second kappa shape index (κ2) is 3.86. The third-order valence-corrected chi connectivity index (χ3v) is 3.53. The number of thiophene rings is 1. The Labute approximate surface area is 102 Å². The standard InChI is InChI=1S/C14H10O2S/c1-9-4-5-12-10(7-9)11(15)8-13(16-12)14-3-2-6-17-14/h2-8H,1H3. The van der Waals surface area contributed by atoms with Gasteiger partial charge in [0.15, 0.2) is 5.43 Å². The molecule has 0 unspecified atom stereocenters. The van der Waals surface area contributed by atoms with Crippen LogP contribution < -0.4 is 5.43 Å². The number of benzene rings is 1. The summed E-state index contributed by atoms with van der Waals surface area (Å²) in [6.45, 7) is 1.96. The Kier molecular flexibility index (Phi) is 2.34. The lowest BCUT2D eigenvalue weighted by molar-refractivity contribution is 0.620. The molecule has 0 amide bonds. The molecule has 2 heterocycles. The first-order chi connectivity index (χ1) is 8.24. The molecule has 0 saturated heterocycles. The zero-order chi connectivity index (χ0) is 11.8. The van der Waals surface area contributed by atoms with Gasteiger partial charge in [0.2, 0.25) is 0 Å². The van der Waals surface area contributed by atoms with Gasteiger partial charge in [-0.3, -0.25) is 4.79 Å². The molecule has 0 N–H and O–H groups in total. The molecule has 0 aliphatic heterocycles. The molecule has 0 radical (unpaired) electrons. The predicted molar refractivity (Wildman–Crippen MR) is 70.5 cm³/mol. The molecule has 3 aromatic rings. The van der Waals surface area contributed by atoms with E-state index in [2.05, 4.69) is 0 Å². The van der Waals surface area contributed by atoms with Gasteiger partial charge in [0.1, 0.15) is 11.3 Å². The average Bonchev–Trinajstić information content (AvgIpc) is 2.83. The van der Waals surface area contributed by atoms with Crippen LogP contribution in [0.25, 0.3) is 21.6 Å². The van der Waals surface area contributed by atoms with Crippen LogP contribution in [0, 0.1) is 6.92 Å². The molecule has 1 aromatic carbocycles. The summed E-state index contributed by atoms with van der Waals surface area (Å²) in [7, 11) is 0. The Morgan fingerprint density at radius 2 is 2.06 bits per heavy atom. The number of aryl methyl sites for hydroxylation is 1. The molecule has 2 nitrogen and oxygen atoms in total. The molecule has 0 spiro atoms. The van der Waals surface area contributed by atoms with E-state index in [1.165, 1.54) is 0 Å². The highest BCUT2D eigenvalue weighted by Crippen LogP contribution is 2.26. The maximum absolute atomic E-state index is 12.0. The maximum Gasteiger partial charge on any atom is 0.193 e. The zero-order valence-electron chi connectivity index (χ0n) is 9.27. The van der Waals surface area contributed by atoms with Crippen LogP contribution in [0.5, 0.6) is 0 Å². The van der Waals surface area contributed by atoms with Gasteiger partial charge in [-0.2, -0.15) is 0 Å². The van der Waals surface area contributed by atoms with Crippen LogP contribution in [-0.2, 0) is 0 Å². The van der Waals surface area contributed by atoms with Crippen LogP contribution in [0.3, 0.4) is 0 Å². The number of hydrogen-bond donors (Lipinski definition) is 0. The first-order valence-electron chi connectivity index (χ1n) is 5.32. The van der Waals surface area contributed by atoms with E-state index in [0.29, 0.717) is 16.7 Å². The second-order valence-corrected chi connectivity index (χ2v) is 4.90. The van der Waals surface area contributed by atoms with E-state index in [0.717, 1.165) is 10.4 Å². The van der Waals surface area contributed by atoms with Gasteiger partial charge in [-0.15, -0.1) is 11.3 Å². The summed E-state index contributed by atoms with van der Waals surface area (Å²) in [6.07, 6.45) is 0. The minimum Gasteiger partial charge on any atom is -0.455 e. The minimum atomic E-state index is 0.0124. The molecular formula is C14H10O2S. The van der Waals surface area contributed by atoms with E-state index in [4.69, 9.17) is 4.42 Å². The Morgan fingerprint density at radius 1 is 1.18 bits per heavy atom. The van der Waals surface area contributed by atoms with Crippen LogP contribution >= 0.6 is 11.3 Å². The van der Waals surface area contributed by atoms with Crippen molar-refractivity contribution in [3.63, 3.8) is 0 Å². The molecule has 84 valence electrons. The SMILES string of the molecule is Cc1ccc2oc(-c3cccs3)cc(=O)c2c1. The summed E-state index contributed by atoms with van der Waals surface area (Å²) >= 11 is 1.56. The lowest BCUT2D eigenvalue weighted by Gasteiger charge is -2.01. The zero-order valence-corrected chi connectivity index (χ0v) is 10.1. The van der Waals surface area contributed by atoms with Crippen molar-refractivity contribution >= 4 is 22.3 Å². The molecule has 3 rings (SSSR count). The Balaban J connectivity index is 2.32. The molecule has 2 aromatic heterocycles. The van der Waals surface area contributed by atoms with Crippen molar-refractivity contribution in [2.24, 2.45) is 0 Å². The van der Waals surface area contributed by atoms with Crippen molar-refractivity contribution in [2.75, 3.05) is 0 Å². The molecule has 0 aliphatic carbocycles. The van der Waals surface area contributed by atoms with Gasteiger partial charge in [0.05, 0.1) is 10.3 Å². The topological polar surface area (TPSA) is 30.2 Å². The van der Waals surface area contributed by atoms with Gasteiger partial charge >= 0.3 is 0 Å². The van der Waals surface area contributed by atoms with Gasteiger partial charge in [0.25, 0.3) is 0 Å². The summed E-state index contributed by atoms with van der Waals surface area (Å²) in [5.74, 6) is 0.640. The predicted octanol–water partition coefficient (Wildman–Crippen LogP) is 3.83. The van der Waals surface area contributed by atoms with Crippen molar-refractivity contribution < 1.29 is 4.42 Å². The lowest BCUT2D eigenvalue weighted by atomic mass is 10.1. The smallest absolute Gasteiger partial charge is 0.193 e. The van der Waals surface area contributed by atoms with Gasteiger partial charge in [0, 0.05) is 6.07 Å². The third-order valence-electron chi connectivity index (χ3n) is 2.65. The van der Waals surface area contributed by atoms with Crippen molar-refractivity contribution in [2.45, 2.75) is 6.92 Å². The highest BCUT2D eigenvalue weighted by atomic mass is 32.1. The first-order valence-corrected chi connectivity index (χ1v) is 6.20. The van der Waals surface area contributed by atoms with Crippen molar-refractivity contribution in [3.8, 4) is 10.6 Å². The average molecular weight is 242 g/mol. The summed E-state index contributed by atoms with van der Waals surface area (Å²) in [4.78, 5) is 13.0. The summed E-state index contributed by atoms with van der Waals surface area (Å²) < 4.78 is 5.75. The fraction of sp³-hybridized carbons (Fsp3) is 0.0714. The Hall–Kier alpha value is -1.87. The van der Waals surface area contributed by atoms with Crippen LogP contribution in [-0.4, -0.2) is 0 Å². The maximum atomic E-state index is 12.0. The molecular weight excluding hydrogens is 232 g/mol. The molecule has 0 aliphatic rings. The molecule has 0 atom stereocenters. The van der Waals surface area contributed by atoms with Crippen molar-refractivity contribution in [1.29, 1.82) is 0 Å². The van der Waals surface area contributed by atoms with E-state index >= 15 is 0 Å². The molecule has 17 heavy (non-hydrogen) atoms. The molecule has 0 bridgehead atoms. The van der Waals surface area contributed by atoms with Gasteiger partial charge in [-0.25, -0.2) is 0 Å². The Morgan fingerprint density at radius 3 is 2.82 bits per heavy atom. The number of hydrogen-bond acceptors (Lipinski definition) is 3. The monoisotopic (exact) mass is 242 g/mol. The highest BCUT2D eigenvalue weighted by Gasteiger charge is 2.07. The molecule has 0 saturated carbocycles. The molecule has 3 heteroatoms. The van der Waals surface area contributed by atoms with E-state index in [1.807, 2.05) is 42.6 Å². The summed E-state index contributed by atoms with van der Waals surface area (Å²) in [5, 5.41) is 2.61. The van der Waals surface area contributed by atoms with Gasteiger partial charge < -0.3 is 4.42 Å². The van der Waals surface area contributed by atoms with Crippen LogP contribution in [0.2, 0.25) is 0 Å². The normalized spacial score (nSPS) is 10.9. The fourth-order valence-electron chi connectivity index (χ4n) is 1.81. The van der Waals surface area contributed by atoms with Crippen LogP contribution in [0.15, 0.2) is 51.0 Å². The number of fused-ring (bicyclic) bond motifs is 1. The van der Waals surface area contributed by atoms with E-state index in [1.54, 1.807) is 17.4 Å². The highest BCUT2D eigenvalue weighted by molar-refractivity contribution is 7.13. The second-order valence-electron chi connectivity index (χ2n) is 3.95. The van der Waals surface area contributed by atoms with Gasteiger partial charge in [-0.05, 0) is 30.5 Å². The van der Waals surface area contributed by atoms with E-state index < -0.39 is 0 Å². The van der Waals surface area contributed by atoms with E-state index in [-0.39, 0.29) is 5.43 Å². The van der Waals surface area contributed by atoms with Crippen molar-refractivity contribution in [1.82, 2.24) is 0 Å². The van der Waals surface area contributed by atoms with E-state index in [9.17, 15) is 4.79 Å². The Bertz CT molecular complexity index is 724. The van der Waals surface area contributed by atoms with Gasteiger partial charge in [-0.1, -0.05) is 17.7 Å². The molecule has 0 fully saturated rings. The quantitative estimate of drug-likeness (QED) is 0.649. The largest absolute Gasteiger partial charge is 0.455 e. The number of rotatable bonds is 1. The summed E-state index contributed by atoms with van der Waals surface area (Å²) in [6, 6.07) is 11.1. The third kappa shape index (κ3) is 1.78. The first kappa shape index (κ1) is 10.3. The minimum absolute atomic E-state index is 0.0124. The van der Waals surface area contributed by atoms with Crippen LogP contribution in [0.1, 0.15) is 5.56 Å². The van der Waals surface area contributed by atoms with Crippen LogP contribution in [0.4, 0.5) is 0 Å². The van der Waals surface area contributed by atoms with Crippen molar-refractivity contribution in [3.05, 3.63) is 57.6 Å².